The van der Waals surface area contributed by atoms with Crippen LogP contribution in [0.15, 0.2) is 48.5 Å². The van der Waals surface area contributed by atoms with Gasteiger partial charge in [0.15, 0.2) is 6.10 Å². The van der Waals surface area contributed by atoms with Crippen LogP contribution in [0.25, 0.3) is 0 Å². The standard InChI is InChI=1S/C22H27NO4/c1-5-19(26-16-10-8-9-15(13-16)25-4)21(24)23-18-14-22(2,3)27-20-12-7-6-11-17(18)20/h6-13,18-19H,5,14H2,1-4H3,(H,23,24)/t18-,19+/m1/s1. The van der Waals surface area contributed by atoms with Crippen molar-refractivity contribution in [2.24, 2.45) is 0 Å². The van der Waals surface area contributed by atoms with E-state index in [2.05, 4.69) is 5.32 Å². The van der Waals surface area contributed by atoms with Gasteiger partial charge in [-0.05, 0) is 38.5 Å². The van der Waals surface area contributed by atoms with Crippen molar-refractivity contribution >= 4 is 5.91 Å². The molecule has 0 saturated heterocycles. The van der Waals surface area contributed by atoms with Gasteiger partial charge in [-0.25, -0.2) is 0 Å². The van der Waals surface area contributed by atoms with E-state index in [-0.39, 0.29) is 17.6 Å². The number of rotatable bonds is 6. The minimum absolute atomic E-state index is 0.111. The summed E-state index contributed by atoms with van der Waals surface area (Å²) in [4.78, 5) is 12.9. The first kappa shape index (κ1) is 19.1. The zero-order chi connectivity index (χ0) is 19.4. The molecule has 0 fully saturated rings. The number of para-hydroxylation sites is 1. The third-order valence-electron chi connectivity index (χ3n) is 4.68. The highest BCUT2D eigenvalue weighted by Gasteiger charge is 2.35. The Bertz CT molecular complexity index is 802. The predicted molar refractivity (Wildman–Crippen MR) is 104 cm³/mol. The van der Waals surface area contributed by atoms with Crippen molar-refractivity contribution in [1.82, 2.24) is 5.32 Å². The van der Waals surface area contributed by atoms with Crippen LogP contribution >= 0.6 is 0 Å². The smallest absolute Gasteiger partial charge is 0.261 e. The topological polar surface area (TPSA) is 56.8 Å². The van der Waals surface area contributed by atoms with Gasteiger partial charge in [-0.1, -0.05) is 31.2 Å². The molecule has 5 heteroatoms. The first-order chi connectivity index (χ1) is 12.9. The number of amides is 1. The summed E-state index contributed by atoms with van der Waals surface area (Å²) in [6.45, 7) is 6.00. The van der Waals surface area contributed by atoms with E-state index < -0.39 is 6.10 Å². The summed E-state index contributed by atoms with van der Waals surface area (Å²) in [6, 6.07) is 15.0. The molecule has 27 heavy (non-hydrogen) atoms. The fourth-order valence-electron chi connectivity index (χ4n) is 3.36. The lowest BCUT2D eigenvalue weighted by molar-refractivity contribution is -0.129. The van der Waals surface area contributed by atoms with Gasteiger partial charge in [0, 0.05) is 18.1 Å². The molecule has 144 valence electrons. The maximum absolute atomic E-state index is 12.9. The monoisotopic (exact) mass is 369 g/mol. The van der Waals surface area contributed by atoms with Gasteiger partial charge in [0.2, 0.25) is 0 Å². The number of ether oxygens (including phenoxy) is 3. The summed E-state index contributed by atoms with van der Waals surface area (Å²) < 4.78 is 17.2. The van der Waals surface area contributed by atoms with Crippen molar-refractivity contribution in [2.75, 3.05) is 7.11 Å². The number of nitrogens with one attached hydrogen (secondary N) is 1. The van der Waals surface area contributed by atoms with Gasteiger partial charge in [0.05, 0.1) is 13.2 Å². The van der Waals surface area contributed by atoms with Crippen LogP contribution in [0.4, 0.5) is 0 Å². The molecular formula is C22H27NO4. The Hall–Kier alpha value is -2.69. The summed E-state index contributed by atoms with van der Waals surface area (Å²) in [5.74, 6) is 2.01. The average molecular weight is 369 g/mol. The van der Waals surface area contributed by atoms with Crippen molar-refractivity contribution in [3.05, 3.63) is 54.1 Å². The molecule has 1 aliphatic rings. The molecule has 1 N–H and O–H groups in total. The van der Waals surface area contributed by atoms with Crippen LogP contribution in [0, 0.1) is 0 Å². The van der Waals surface area contributed by atoms with Crippen molar-refractivity contribution in [1.29, 1.82) is 0 Å². The number of carbonyl (C=O) groups is 1. The fraction of sp³-hybridized carbons (Fsp3) is 0.409. The van der Waals surface area contributed by atoms with Gasteiger partial charge >= 0.3 is 0 Å². The molecule has 2 aromatic rings. The van der Waals surface area contributed by atoms with Crippen molar-refractivity contribution in [3.8, 4) is 17.2 Å². The molecule has 2 aromatic carbocycles. The Morgan fingerprint density at radius 1 is 1.22 bits per heavy atom. The average Bonchev–Trinajstić information content (AvgIpc) is 2.65. The Morgan fingerprint density at radius 3 is 2.70 bits per heavy atom. The van der Waals surface area contributed by atoms with Gasteiger partial charge < -0.3 is 19.5 Å². The summed E-state index contributed by atoms with van der Waals surface area (Å²) in [5, 5.41) is 3.16. The van der Waals surface area contributed by atoms with Crippen LogP contribution in [0.2, 0.25) is 0 Å². The molecular weight excluding hydrogens is 342 g/mol. The SMILES string of the molecule is CC[C@H](Oc1cccc(OC)c1)C(=O)N[C@@H]1CC(C)(C)Oc2ccccc21. The van der Waals surface area contributed by atoms with E-state index >= 15 is 0 Å². The second kappa shape index (κ2) is 7.91. The molecule has 0 radical (unpaired) electrons. The molecule has 0 spiro atoms. The zero-order valence-corrected chi connectivity index (χ0v) is 16.3. The minimum atomic E-state index is -0.574. The third kappa shape index (κ3) is 4.54. The van der Waals surface area contributed by atoms with Crippen LogP contribution in [-0.2, 0) is 4.79 Å². The van der Waals surface area contributed by atoms with Gasteiger partial charge in [-0.15, -0.1) is 0 Å². The number of carbonyl (C=O) groups excluding carboxylic acids is 1. The number of hydrogen-bond acceptors (Lipinski definition) is 4. The van der Waals surface area contributed by atoms with Gasteiger partial charge in [0.25, 0.3) is 5.91 Å². The maximum Gasteiger partial charge on any atom is 0.261 e. The molecule has 0 bridgehead atoms. The molecule has 0 aromatic heterocycles. The van der Waals surface area contributed by atoms with Gasteiger partial charge in [-0.3, -0.25) is 4.79 Å². The Morgan fingerprint density at radius 2 is 1.96 bits per heavy atom. The molecule has 5 nitrogen and oxygen atoms in total. The summed E-state index contributed by atoms with van der Waals surface area (Å²) >= 11 is 0. The highest BCUT2D eigenvalue weighted by Crippen LogP contribution is 2.39. The lowest BCUT2D eigenvalue weighted by Crippen LogP contribution is -2.45. The second-order valence-corrected chi connectivity index (χ2v) is 7.36. The molecule has 0 aliphatic carbocycles. The van der Waals surface area contributed by atoms with Crippen LogP contribution in [0.1, 0.15) is 45.2 Å². The van der Waals surface area contributed by atoms with Crippen LogP contribution in [-0.4, -0.2) is 24.7 Å². The highest BCUT2D eigenvalue weighted by molar-refractivity contribution is 5.81. The molecule has 2 atom stereocenters. The third-order valence-corrected chi connectivity index (χ3v) is 4.68. The highest BCUT2D eigenvalue weighted by atomic mass is 16.5. The second-order valence-electron chi connectivity index (χ2n) is 7.36. The first-order valence-corrected chi connectivity index (χ1v) is 9.31. The van der Waals surface area contributed by atoms with Crippen LogP contribution in [0.3, 0.4) is 0 Å². The van der Waals surface area contributed by atoms with E-state index in [0.29, 0.717) is 24.3 Å². The molecule has 3 rings (SSSR count). The minimum Gasteiger partial charge on any atom is -0.497 e. The van der Waals surface area contributed by atoms with E-state index in [1.165, 1.54) is 0 Å². The Kier molecular flexibility index (Phi) is 5.59. The summed E-state index contributed by atoms with van der Waals surface area (Å²) in [6.07, 6.45) is 0.693. The maximum atomic E-state index is 12.9. The Balaban J connectivity index is 1.74. The number of fused-ring (bicyclic) bond motifs is 1. The van der Waals surface area contributed by atoms with E-state index in [0.717, 1.165) is 11.3 Å². The van der Waals surface area contributed by atoms with Crippen LogP contribution < -0.4 is 19.5 Å². The summed E-state index contributed by atoms with van der Waals surface area (Å²) in [7, 11) is 1.60. The molecule has 1 aliphatic heterocycles. The molecule has 1 heterocycles. The zero-order valence-electron chi connectivity index (χ0n) is 16.3. The normalized spacial score (nSPS) is 18.6. The first-order valence-electron chi connectivity index (χ1n) is 9.31. The van der Waals surface area contributed by atoms with Gasteiger partial charge in [-0.2, -0.15) is 0 Å². The Labute approximate surface area is 160 Å². The molecule has 0 unspecified atom stereocenters. The van der Waals surface area contributed by atoms with E-state index in [4.69, 9.17) is 14.2 Å². The quantitative estimate of drug-likeness (QED) is 0.826. The number of hydrogen-bond donors (Lipinski definition) is 1. The number of benzene rings is 2. The van der Waals surface area contributed by atoms with Crippen LogP contribution in [0.5, 0.6) is 17.2 Å². The number of methoxy groups -OCH3 is 1. The fourth-order valence-corrected chi connectivity index (χ4v) is 3.36. The van der Waals surface area contributed by atoms with Gasteiger partial charge in [0.1, 0.15) is 22.8 Å². The summed E-state index contributed by atoms with van der Waals surface area (Å²) in [5.41, 5.74) is 0.656. The van der Waals surface area contributed by atoms with Crippen molar-refractivity contribution in [2.45, 2.75) is 51.4 Å². The lowest BCUT2D eigenvalue weighted by Gasteiger charge is -2.38. The van der Waals surface area contributed by atoms with Crippen molar-refractivity contribution < 1.29 is 19.0 Å². The van der Waals surface area contributed by atoms with Crippen molar-refractivity contribution in [3.63, 3.8) is 0 Å². The van der Waals surface area contributed by atoms with E-state index in [1.807, 2.05) is 63.2 Å². The molecule has 0 saturated carbocycles. The largest absolute Gasteiger partial charge is 0.497 e. The lowest BCUT2D eigenvalue weighted by atomic mass is 9.89. The van der Waals surface area contributed by atoms with E-state index in [9.17, 15) is 4.79 Å². The molecule has 1 amide bonds. The van der Waals surface area contributed by atoms with E-state index in [1.54, 1.807) is 13.2 Å². The predicted octanol–water partition coefficient (Wildman–Crippen LogP) is 4.27.